The van der Waals surface area contributed by atoms with Gasteiger partial charge in [0, 0.05) is 39.3 Å². The van der Waals surface area contributed by atoms with Gasteiger partial charge in [0.2, 0.25) is 20.0 Å². The lowest BCUT2D eigenvalue weighted by molar-refractivity contribution is 0.114. The van der Waals surface area contributed by atoms with Crippen molar-refractivity contribution in [3.8, 4) is 5.75 Å². The third-order valence-electron chi connectivity index (χ3n) is 6.02. The smallest absolute Gasteiger partial charge is 0.246 e. The molecule has 4 rings (SSSR count). The molecule has 2 aromatic carbocycles. The molecule has 1 unspecified atom stereocenters. The Morgan fingerprint density at radius 1 is 1.09 bits per heavy atom. The van der Waals surface area contributed by atoms with Crippen LogP contribution in [0.25, 0.3) is 0 Å². The van der Waals surface area contributed by atoms with Gasteiger partial charge in [0.25, 0.3) is 0 Å². The number of benzene rings is 2. The molecule has 2 fully saturated rings. The number of rotatable bonds is 8. The zero-order valence-corrected chi connectivity index (χ0v) is 20.4. The van der Waals surface area contributed by atoms with Crippen LogP contribution in [-0.2, 0) is 24.8 Å². The fraction of sp³-hybridized carbons (Fsp3) is 0.455. The van der Waals surface area contributed by atoms with Gasteiger partial charge in [0.1, 0.15) is 16.5 Å². The van der Waals surface area contributed by atoms with Crippen molar-refractivity contribution in [3.05, 3.63) is 48.3 Å². The van der Waals surface area contributed by atoms with E-state index in [1.807, 2.05) is 4.90 Å². The number of piperazine rings is 1. The van der Waals surface area contributed by atoms with Gasteiger partial charge in [-0.25, -0.2) is 25.9 Å². The second-order valence-corrected chi connectivity index (χ2v) is 11.8. The molecule has 186 valence electrons. The van der Waals surface area contributed by atoms with Crippen molar-refractivity contribution in [1.82, 2.24) is 9.03 Å². The molecule has 1 atom stereocenters. The first-order chi connectivity index (χ1) is 16.2. The minimum atomic E-state index is -3.98. The molecule has 0 bridgehead atoms. The number of hydrogen-bond donors (Lipinski definition) is 1. The van der Waals surface area contributed by atoms with E-state index < -0.39 is 25.9 Å². The lowest BCUT2D eigenvalue weighted by Gasteiger charge is -2.36. The zero-order valence-electron chi connectivity index (χ0n) is 18.8. The topological polar surface area (TPSA) is 105 Å². The highest BCUT2D eigenvalue weighted by Gasteiger charge is 2.31. The number of anilines is 1. The Bertz CT molecular complexity index is 1220. The Hall–Kier alpha value is -2.25. The molecule has 0 spiro atoms. The molecule has 34 heavy (non-hydrogen) atoms. The number of ether oxygens (including phenoxy) is 2. The van der Waals surface area contributed by atoms with Crippen LogP contribution < -0.4 is 14.4 Å². The van der Waals surface area contributed by atoms with E-state index in [1.54, 1.807) is 6.07 Å². The number of nitrogens with zero attached hydrogens (tertiary/aromatic N) is 2. The molecule has 12 heteroatoms. The van der Waals surface area contributed by atoms with Crippen LogP contribution in [0.15, 0.2) is 52.3 Å². The first kappa shape index (κ1) is 24.9. The predicted molar refractivity (Wildman–Crippen MR) is 125 cm³/mol. The maximum absolute atomic E-state index is 14.1. The largest absolute Gasteiger partial charge is 0.495 e. The van der Waals surface area contributed by atoms with E-state index in [0.29, 0.717) is 18.0 Å². The highest BCUT2D eigenvalue weighted by molar-refractivity contribution is 7.89. The third kappa shape index (κ3) is 5.20. The third-order valence-corrected chi connectivity index (χ3v) is 9.37. The van der Waals surface area contributed by atoms with Crippen LogP contribution in [0.5, 0.6) is 5.75 Å². The van der Waals surface area contributed by atoms with Gasteiger partial charge in [-0.05, 0) is 43.2 Å². The van der Waals surface area contributed by atoms with Crippen LogP contribution in [0, 0.1) is 5.82 Å². The Balaban J connectivity index is 1.49. The van der Waals surface area contributed by atoms with E-state index in [4.69, 9.17) is 9.47 Å². The molecule has 1 N–H and O–H groups in total. The maximum atomic E-state index is 14.1. The van der Waals surface area contributed by atoms with Gasteiger partial charge in [0.15, 0.2) is 0 Å². The molecular weight excluding hydrogens is 485 g/mol. The van der Waals surface area contributed by atoms with E-state index in [9.17, 15) is 21.2 Å². The monoisotopic (exact) mass is 513 g/mol. The Labute approximate surface area is 199 Å². The van der Waals surface area contributed by atoms with Crippen molar-refractivity contribution in [2.45, 2.75) is 28.7 Å². The van der Waals surface area contributed by atoms with Crippen molar-refractivity contribution in [2.24, 2.45) is 0 Å². The summed E-state index contributed by atoms with van der Waals surface area (Å²) < 4.78 is 80.3. The van der Waals surface area contributed by atoms with Crippen LogP contribution in [0.4, 0.5) is 10.1 Å². The first-order valence-corrected chi connectivity index (χ1v) is 13.9. The SMILES string of the molecule is COc1ccc(S(=O)(=O)NCC2CCCO2)cc1N1CCN(S(=O)(=O)c2ccccc2F)CC1. The standard InChI is InChI=1S/C22H28FN3O6S2/c1-31-21-9-8-18(33(27,28)24-16-17-5-4-14-32-17)15-20(21)25-10-12-26(13-11-25)34(29,30)22-7-3-2-6-19(22)23/h2-3,6-9,15,17,24H,4-5,10-14,16H2,1H3. The van der Waals surface area contributed by atoms with Crippen molar-refractivity contribution >= 4 is 25.7 Å². The molecule has 2 heterocycles. The number of halogens is 1. The minimum absolute atomic E-state index is 0.0858. The summed E-state index contributed by atoms with van der Waals surface area (Å²) >= 11 is 0. The van der Waals surface area contributed by atoms with E-state index in [-0.39, 0.29) is 48.6 Å². The minimum Gasteiger partial charge on any atom is -0.495 e. The van der Waals surface area contributed by atoms with Gasteiger partial charge in [-0.1, -0.05) is 12.1 Å². The van der Waals surface area contributed by atoms with Gasteiger partial charge in [-0.15, -0.1) is 0 Å². The number of methoxy groups -OCH3 is 1. The summed E-state index contributed by atoms with van der Waals surface area (Å²) in [6, 6.07) is 9.87. The van der Waals surface area contributed by atoms with E-state index >= 15 is 0 Å². The summed E-state index contributed by atoms with van der Waals surface area (Å²) in [6.07, 6.45) is 1.60. The number of sulfonamides is 2. The molecule has 9 nitrogen and oxygen atoms in total. The Morgan fingerprint density at radius 2 is 1.82 bits per heavy atom. The normalized spacial score (nSPS) is 19.9. The van der Waals surface area contributed by atoms with Crippen molar-refractivity contribution in [1.29, 1.82) is 0 Å². The van der Waals surface area contributed by atoms with Crippen molar-refractivity contribution in [3.63, 3.8) is 0 Å². The molecule has 0 aliphatic carbocycles. The van der Waals surface area contributed by atoms with E-state index in [1.165, 1.54) is 41.7 Å². The van der Waals surface area contributed by atoms with Crippen LogP contribution in [0.2, 0.25) is 0 Å². The zero-order chi connectivity index (χ0) is 24.3. The maximum Gasteiger partial charge on any atom is 0.246 e. The fourth-order valence-corrected chi connectivity index (χ4v) is 6.71. The molecular formula is C22H28FN3O6S2. The molecule has 2 saturated heterocycles. The number of nitrogens with one attached hydrogen (secondary N) is 1. The van der Waals surface area contributed by atoms with Crippen LogP contribution in [0.1, 0.15) is 12.8 Å². The van der Waals surface area contributed by atoms with Crippen LogP contribution in [0.3, 0.4) is 0 Å². The van der Waals surface area contributed by atoms with Crippen molar-refractivity contribution < 1.29 is 30.7 Å². The summed E-state index contributed by atoms with van der Waals surface area (Å²) in [5.74, 6) is -0.316. The molecule has 2 aromatic rings. The van der Waals surface area contributed by atoms with Gasteiger partial charge < -0.3 is 14.4 Å². The van der Waals surface area contributed by atoms with Crippen LogP contribution >= 0.6 is 0 Å². The van der Waals surface area contributed by atoms with Gasteiger partial charge in [-0.3, -0.25) is 0 Å². The average molecular weight is 514 g/mol. The highest BCUT2D eigenvalue weighted by atomic mass is 32.2. The molecule has 0 aromatic heterocycles. The molecule has 0 saturated carbocycles. The quantitative estimate of drug-likeness (QED) is 0.574. The molecule has 2 aliphatic rings. The second kappa shape index (κ2) is 10.2. The van der Waals surface area contributed by atoms with E-state index in [0.717, 1.165) is 18.9 Å². The number of hydrogen-bond acceptors (Lipinski definition) is 7. The first-order valence-electron chi connectivity index (χ1n) is 11.0. The summed E-state index contributed by atoms with van der Waals surface area (Å²) in [5, 5.41) is 0. The summed E-state index contributed by atoms with van der Waals surface area (Å²) in [4.78, 5) is 1.60. The Morgan fingerprint density at radius 3 is 2.47 bits per heavy atom. The van der Waals surface area contributed by atoms with Crippen LogP contribution in [-0.4, -0.2) is 73.7 Å². The Kier molecular flexibility index (Phi) is 7.43. The summed E-state index contributed by atoms with van der Waals surface area (Å²) in [6.45, 7) is 1.66. The van der Waals surface area contributed by atoms with Gasteiger partial charge >= 0.3 is 0 Å². The van der Waals surface area contributed by atoms with Gasteiger partial charge in [-0.2, -0.15) is 4.31 Å². The molecule has 0 radical (unpaired) electrons. The lowest BCUT2D eigenvalue weighted by Crippen LogP contribution is -2.49. The fourth-order valence-electron chi connectivity index (χ4n) is 4.14. The van der Waals surface area contributed by atoms with E-state index in [2.05, 4.69) is 4.72 Å². The summed E-state index contributed by atoms with van der Waals surface area (Å²) in [5.41, 5.74) is 0.547. The summed E-state index contributed by atoms with van der Waals surface area (Å²) in [7, 11) is -6.26. The van der Waals surface area contributed by atoms with Crippen molar-refractivity contribution in [2.75, 3.05) is 51.3 Å². The average Bonchev–Trinajstić information content (AvgIpc) is 3.36. The molecule has 0 amide bonds. The lowest BCUT2D eigenvalue weighted by atomic mass is 10.2. The predicted octanol–water partition coefficient (Wildman–Crippen LogP) is 1.80. The highest BCUT2D eigenvalue weighted by Crippen LogP contribution is 2.32. The molecule has 2 aliphatic heterocycles. The van der Waals surface area contributed by atoms with Gasteiger partial charge in [0.05, 0.1) is 23.8 Å². The second-order valence-electron chi connectivity index (χ2n) is 8.14.